The summed E-state index contributed by atoms with van der Waals surface area (Å²) in [7, 11) is 0. The molecule has 3 heterocycles. The van der Waals surface area contributed by atoms with Gasteiger partial charge in [-0.15, -0.1) is 0 Å². The molecule has 0 saturated carbocycles. The molecular weight excluding hydrogens is 306 g/mol. The fourth-order valence-corrected chi connectivity index (χ4v) is 3.34. The molecule has 122 valence electrons. The van der Waals surface area contributed by atoms with Crippen LogP contribution in [0.3, 0.4) is 0 Å². The number of nitrogens with zero attached hydrogens (tertiary/aromatic N) is 2. The third-order valence-electron chi connectivity index (χ3n) is 4.49. The molecule has 1 fully saturated rings. The summed E-state index contributed by atoms with van der Waals surface area (Å²) >= 11 is 0. The van der Waals surface area contributed by atoms with E-state index in [0.29, 0.717) is 17.6 Å². The number of H-pyrrole nitrogens is 1. The van der Waals surface area contributed by atoms with Crippen LogP contribution >= 0.6 is 0 Å². The fraction of sp³-hybridized carbons (Fsp3) is 0.278. The number of benzene rings is 1. The number of pyridine rings is 1. The van der Waals surface area contributed by atoms with Gasteiger partial charge in [-0.2, -0.15) is 0 Å². The number of nitrogens with one attached hydrogen (secondary N) is 1. The Kier molecular flexibility index (Phi) is 3.45. The Balaban J connectivity index is 1.71. The Hall–Kier alpha value is -2.89. The van der Waals surface area contributed by atoms with Crippen LogP contribution in [0.25, 0.3) is 10.8 Å². The lowest BCUT2D eigenvalue weighted by atomic mass is 10.1. The third-order valence-corrected chi connectivity index (χ3v) is 4.49. The number of aryl methyl sites for hydroxylation is 1. The van der Waals surface area contributed by atoms with E-state index in [1.54, 1.807) is 17.0 Å². The van der Waals surface area contributed by atoms with Crippen LogP contribution < -0.4 is 5.56 Å². The molecule has 1 unspecified atom stereocenters. The Labute approximate surface area is 138 Å². The number of carbonyl (C=O) groups excluding carboxylic acids is 1. The van der Waals surface area contributed by atoms with E-state index in [1.165, 1.54) is 0 Å². The zero-order valence-corrected chi connectivity index (χ0v) is 13.3. The molecule has 6 nitrogen and oxygen atoms in total. The molecule has 1 aliphatic rings. The Morgan fingerprint density at radius 3 is 2.96 bits per heavy atom. The lowest BCUT2D eigenvalue weighted by molar-refractivity contribution is 0.0725. The number of aromatic amines is 1. The summed E-state index contributed by atoms with van der Waals surface area (Å²) in [6.45, 7) is 2.47. The van der Waals surface area contributed by atoms with Gasteiger partial charge in [0.2, 0.25) is 0 Å². The van der Waals surface area contributed by atoms with Crippen LogP contribution in [0.15, 0.2) is 45.7 Å². The highest BCUT2D eigenvalue weighted by molar-refractivity contribution is 5.96. The average molecular weight is 323 g/mol. The highest BCUT2D eigenvalue weighted by Gasteiger charge is 2.33. The van der Waals surface area contributed by atoms with E-state index in [4.69, 9.17) is 4.52 Å². The first kappa shape index (κ1) is 14.7. The van der Waals surface area contributed by atoms with E-state index in [1.807, 2.05) is 31.2 Å². The van der Waals surface area contributed by atoms with Crippen molar-refractivity contribution in [3.63, 3.8) is 0 Å². The van der Waals surface area contributed by atoms with Gasteiger partial charge in [0.15, 0.2) is 0 Å². The maximum absolute atomic E-state index is 12.9. The minimum Gasteiger partial charge on any atom is -0.361 e. The molecule has 1 saturated heterocycles. The molecular formula is C18H17N3O3. The number of hydrogen-bond acceptors (Lipinski definition) is 4. The topological polar surface area (TPSA) is 79.2 Å². The number of fused-ring (bicyclic) bond motifs is 1. The molecule has 1 aromatic carbocycles. The molecule has 1 aliphatic heterocycles. The summed E-state index contributed by atoms with van der Waals surface area (Å²) in [6.07, 6.45) is 1.75. The first-order valence-electron chi connectivity index (χ1n) is 8.00. The molecule has 24 heavy (non-hydrogen) atoms. The van der Waals surface area contributed by atoms with E-state index in [9.17, 15) is 9.59 Å². The van der Waals surface area contributed by atoms with Crippen LogP contribution in [0.5, 0.6) is 0 Å². The predicted molar refractivity (Wildman–Crippen MR) is 88.8 cm³/mol. The second-order valence-electron chi connectivity index (χ2n) is 6.12. The first-order chi connectivity index (χ1) is 11.6. The average Bonchev–Trinajstić information content (AvgIpc) is 3.22. The maximum atomic E-state index is 12.9. The molecule has 3 aromatic rings. The smallest absolute Gasteiger partial charge is 0.270 e. The van der Waals surface area contributed by atoms with Gasteiger partial charge in [-0.05, 0) is 37.3 Å². The minimum atomic E-state index is -0.246. The van der Waals surface area contributed by atoms with Crippen LogP contribution in [0.1, 0.15) is 40.8 Å². The molecule has 2 aromatic heterocycles. The standard InChI is InChI=1S/C18H17N3O3/c1-11-9-14(20-24-11)16-7-4-8-21(16)18(23)15-10-12-5-2-3-6-13(12)17(22)19-15/h2-3,5-6,9-10,16H,4,7-8H2,1H3,(H,19,22). The highest BCUT2D eigenvalue weighted by atomic mass is 16.5. The Bertz CT molecular complexity index is 973. The van der Waals surface area contributed by atoms with Gasteiger partial charge in [-0.1, -0.05) is 23.4 Å². The zero-order valence-electron chi connectivity index (χ0n) is 13.3. The normalized spacial score (nSPS) is 17.5. The fourth-order valence-electron chi connectivity index (χ4n) is 3.34. The molecule has 1 N–H and O–H groups in total. The number of amides is 1. The number of hydrogen-bond donors (Lipinski definition) is 1. The molecule has 6 heteroatoms. The van der Waals surface area contributed by atoms with Crippen molar-refractivity contribution in [3.05, 3.63) is 63.9 Å². The van der Waals surface area contributed by atoms with Crippen molar-refractivity contribution in [3.8, 4) is 0 Å². The van der Waals surface area contributed by atoms with E-state index < -0.39 is 0 Å². The lowest BCUT2D eigenvalue weighted by Crippen LogP contribution is -2.32. The van der Waals surface area contributed by atoms with E-state index in [0.717, 1.165) is 29.7 Å². The first-order valence-corrected chi connectivity index (χ1v) is 8.00. The summed E-state index contributed by atoms with van der Waals surface area (Å²) in [5, 5.41) is 5.39. The third kappa shape index (κ3) is 2.40. The maximum Gasteiger partial charge on any atom is 0.270 e. The number of aromatic nitrogens is 2. The summed E-state index contributed by atoms with van der Waals surface area (Å²) < 4.78 is 5.14. The molecule has 1 atom stereocenters. The summed E-state index contributed by atoms with van der Waals surface area (Å²) in [6, 6.07) is 10.7. The second-order valence-corrected chi connectivity index (χ2v) is 6.12. The molecule has 1 amide bonds. The summed E-state index contributed by atoms with van der Waals surface area (Å²) in [5.41, 5.74) is 0.830. The van der Waals surface area contributed by atoms with E-state index in [2.05, 4.69) is 10.1 Å². The van der Waals surface area contributed by atoms with E-state index >= 15 is 0 Å². The Morgan fingerprint density at radius 1 is 1.33 bits per heavy atom. The van der Waals surface area contributed by atoms with Gasteiger partial charge in [0.05, 0.1) is 6.04 Å². The van der Waals surface area contributed by atoms with Gasteiger partial charge in [0, 0.05) is 18.0 Å². The summed E-state index contributed by atoms with van der Waals surface area (Å²) in [4.78, 5) is 29.6. The molecule has 0 aliphatic carbocycles. The molecule has 0 radical (unpaired) electrons. The van der Waals surface area contributed by atoms with Crippen LogP contribution in [0.2, 0.25) is 0 Å². The van der Waals surface area contributed by atoms with Crippen molar-refractivity contribution in [1.29, 1.82) is 0 Å². The van der Waals surface area contributed by atoms with E-state index in [-0.39, 0.29) is 17.5 Å². The van der Waals surface area contributed by atoms with Gasteiger partial charge in [0.25, 0.3) is 11.5 Å². The number of carbonyl (C=O) groups is 1. The monoisotopic (exact) mass is 323 g/mol. The van der Waals surface area contributed by atoms with Crippen molar-refractivity contribution >= 4 is 16.7 Å². The Morgan fingerprint density at radius 2 is 2.17 bits per heavy atom. The van der Waals surface area contributed by atoms with Crippen LogP contribution in [0.4, 0.5) is 0 Å². The SMILES string of the molecule is Cc1cc(C2CCCN2C(=O)c2cc3ccccc3c(=O)[nH]2)no1. The second kappa shape index (κ2) is 5.63. The minimum absolute atomic E-state index is 0.107. The predicted octanol–water partition coefficient (Wildman–Crippen LogP) is 2.80. The van der Waals surface area contributed by atoms with Crippen molar-refractivity contribution in [1.82, 2.24) is 15.0 Å². The van der Waals surface area contributed by atoms with Crippen LogP contribution in [-0.2, 0) is 0 Å². The van der Waals surface area contributed by atoms with Gasteiger partial charge in [0.1, 0.15) is 17.1 Å². The number of likely N-dealkylation sites (tertiary alicyclic amines) is 1. The molecule has 0 spiro atoms. The van der Waals surface area contributed by atoms with Gasteiger partial charge in [-0.25, -0.2) is 0 Å². The van der Waals surface area contributed by atoms with Gasteiger partial charge in [-0.3, -0.25) is 9.59 Å². The van der Waals surface area contributed by atoms with Crippen molar-refractivity contribution in [2.45, 2.75) is 25.8 Å². The number of rotatable bonds is 2. The van der Waals surface area contributed by atoms with Gasteiger partial charge < -0.3 is 14.4 Å². The molecule has 0 bridgehead atoms. The van der Waals surface area contributed by atoms with Crippen molar-refractivity contribution in [2.24, 2.45) is 0 Å². The largest absolute Gasteiger partial charge is 0.361 e. The lowest BCUT2D eigenvalue weighted by Gasteiger charge is -2.22. The molecule has 4 rings (SSSR count). The zero-order chi connectivity index (χ0) is 16.7. The van der Waals surface area contributed by atoms with Crippen molar-refractivity contribution in [2.75, 3.05) is 6.54 Å². The van der Waals surface area contributed by atoms with Crippen LogP contribution in [-0.4, -0.2) is 27.5 Å². The van der Waals surface area contributed by atoms with Crippen molar-refractivity contribution < 1.29 is 9.32 Å². The quantitative estimate of drug-likeness (QED) is 0.786. The van der Waals surface area contributed by atoms with Gasteiger partial charge >= 0.3 is 0 Å². The summed E-state index contributed by atoms with van der Waals surface area (Å²) in [5.74, 6) is 0.546. The van der Waals surface area contributed by atoms with Crippen LogP contribution in [0, 0.1) is 6.92 Å². The highest BCUT2D eigenvalue weighted by Crippen LogP contribution is 2.32.